The maximum atomic E-state index is 12.9. The third-order valence-corrected chi connectivity index (χ3v) is 7.48. The van der Waals surface area contributed by atoms with Gasteiger partial charge in [0.2, 0.25) is 10.0 Å². The van der Waals surface area contributed by atoms with Crippen LogP contribution in [0.2, 0.25) is 0 Å². The van der Waals surface area contributed by atoms with E-state index >= 15 is 0 Å². The standard InChI is InChI=1S/C22H26N2O5S/c25-22(23-13-15-28-16-14-23)18-8-10-20(11-9-18)29-17-19-5-4-12-24(19)30(26,27)21-6-2-1-3-7-21/h1-3,6-11,19H,4-5,12-17H2. The Morgan fingerprint density at radius 1 is 1.00 bits per heavy atom. The number of amides is 1. The summed E-state index contributed by atoms with van der Waals surface area (Å²) in [5.41, 5.74) is 0.610. The summed E-state index contributed by atoms with van der Waals surface area (Å²) in [5, 5.41) is 0. The SMILES string of the molecule is O=C(c1ccc(OCC2CCCN2S(=O)(=O)c2ccccc2)cc1)N1CCOCC1. The number of nitrogens with zero attached hydrogens (tertiary/aromatic N) is 2. The van der Waals surface area contributed by atoms with Crippen molar-refractivity contribution >= 4 is 15.9 Å². The summed E-state index contributed by atoms with van der Waals surface area (Å²) < 4.78 is 38.6. The maximum Gasteiger partial charge on any atom is 0.254 e. The van der Waals surface area contributed by atoms with Gasteiger partial charge in [-0.1, -0.05) is 18.2 Å². The molecule has 1 atom stereocenters. The van der Waals surface area contributed by atoms with Gasteiger partial charge in [-0.25, -0.2) is 8.42 Å². The molecule has 0 aliphatic carbocycles. The van der Waals surface area contributed by atoms with E-state index in [1.165, 1.54) is 0 Å². The van der Waals surface area contributed by atoms with Gasteiger partial charge in [0.15, 0.2) is 0 Å². The van der Waals surface area contributed by atoms with Crippen LogP contribution in [-0.2, 0) is 14.8 Å². The van der Waals surface area contributed by atoms with E-state index in [2.05, 4.69) is 0 Å². The van der Waals surface area contributed by atoms with Gasteiger partial charge in [-0.05, 0) is 49.2 Å². The topological polar surface area (TPSA) is 76.2 Å². The Kier molecular flexibility index (Phi) is 6.36. The highest BCUT2D eigenvalue weighted by atomic mass is 32.2. The summed E-state index contributed by atoms with van der Waals surface area (Å²) in [6.07, 6.45) is 1.58. The molecule has 30 heavy (non-hydrogen) atoms. The van der Waals surface area contributed by atoms with Crippen LogP contribution in [0.5, 0.6) is 5.75 Å². The molecule has 2 aliphatic heterocycles. The quantitative estimate of drug-likeness (QED) is 0.703. The Labute approximate surface area is 177 Å². The van der Waals surface area contributed by atoms with Crippen molar-refractivity contribution in [3.05, 3.63) is 60.2 Å². The van der Waals surface area contributed by atoms with Crippen LogP contribution in [0.3, 0.4) is 0 Å². The van der Waals surface area contributed by atoms with E-state index in [1.807, 2.05) is 0 Å². The average molecular weight is 431 g/mol. The predicted octanol–water partition coefficient (Wildman–Crippen LogP) is 2.39. The highest BCUT2D eigenvalue weighted by molar-refractivity contribution is 7.89. The largest absolute Gasteiger partial charge is 0.492 e. The summed E-state index contributed by atoms with van der Waals surface area (Å²) in [6, 6.07) is 15.3. The first-order valence-corrected chi connectivity index (χ1v) is 11.7. The van der Waals surface area contributed by atoms with Gasteiger partial charge >= 0.3 is 0 Å². The van der Waals surface area contributed by atoms with Crippen LogP contribution in [0.4, 0.5) is 0 Å². The molecule has 2 aromatic carbocycles. The van der Waals surface area contributed by atoms with Gasteiger partial charge in [-0.3, -0.25) is 4.79 Å². The van der Waals surface area contributed by atoms with Gasteiger partial charge in [-0.2, -0.15) is 4.31 Å². The Morgan fingerprint density at radius 3 is 2.40 bits per heavy atom. The lowest BCUT2D eigenvalue weighted by Gasteiger charge is -2.27. The Balaban J connectivity index is 1.37. The third-order valence-electron chi connectivity index (χ3n) is 5.51. The van der Waals surface area contributed by atoms with Crippen molar-refractivity contribution in [1.82, 2.24) is 9.21 Å². The zero-order valence-electron chi connectivity index (χ0n) is 16.8. The lowest BCUT2D eigenvalue weighted by molar-refractivity contribution is 0.0303. The normalized spacial score (nSPS) is 20.3. The van der Waals surface area contributed by atoms with Crippen LogP contribution in [0.1, 0.15) is 23.2 Å². The molecular weight excluding hydrogens is 404 g/mol. The molecule has 2 aromatic rings. The minimum Gasteiger partial charge on any atom is -0.492 e. The number of carbonyl (C=O) groups excluding carboxylic acids is 1. The fourth-order valence-corrected chi connectivity index (χ4v) is 5.56. The van der Waals surface area contributed by atoms with Crippen molar-refractivity contribution in [3.63, 3.8) is 0 Å². The van der Waals surface area contributed by atoms with Crippen LogP contribution in [-0.4, -0.2) is 69.0 Å². The summed E-state index contributed by atoms with van der Waals surface area (Å²) in [6.45, 7) is 3.11. The number of ether oxygens (including phenoxy) is 2. The molecule has 2 aliphatic rings. The van der Waals surface area contributed by atoms with Crippen LogP contribution >= 0.6 is 0 Å². The van der Waals surface area contributed by atoms with E-state index in [9.17, 15) is 13.2 Å². The molecule has 7 nitrogen and oxygen atoms in total. The van der Waals surface area contributed by atoms with E-state index in [1.54, 1.807) is 63.8 Å². The molecule has 2 saturated heterocycles. The van der Waals surface area contributed by atoms with E-state index in [-0.39, 0.29) is 18.6 Å². The van der Waals surface area contributed by atoms with Crippen LogP contribution in [0, 0.1) is 0 Å². The smallest absolute Gasteiger partial charge is 0.254 e. The van der Waals surface area contributed by atoms with Gasteiger partial charge < -0.3 is 14.4 Å². The van der Waals surface area contributed by atoms with Crippen molar-refractivity contribution < 1.29 is 22.7 Å². The number of morpholine rings is 1. The number of carbonyl (C=O) groups is 1. The molecule has 0 radical (unpaired) electrons. The molecule has 0 N–H and O–H groups in total. The van der Waals surface area contributed by atoms with Gasteiger partial charge in [0, 0.05) is 25.2 Å². The van der Waals surface area contributed by atoms with Crippen molar-refractivity contribution in [1.29, 1.82) is 0 Å². The number of benzene rings is 2. The molecule has 1 amide bonds. The molecule has 1 unspecified atom stereocenters. The highest BCUT2D eigenvalue weighted by Gasteiger charge is 2.35. The lowest BCUT2D eigenvalue weighted by atomic mass is 10.2. The zero-order chi connectivity index (χ0) is 21.0. The second-order valence-electron chi connectivity index (χ2n) is 7.46. The fourth-order valence-electron chi connectivity index (χ4n) is 3.86. The Hall–Kier alpha value is -2.42. The average Bonchev–Trinajstić information content (AvgIpc) is 3.28. The maximum absolute atomic E-state index is 12.9. The lowest BCUT2D eigenvalue weighted by Crippen LogP contribution is -2.40. The molecule has 0 saturated carbocycles. The third kappa shape index (κ3) is 4.50. The van der Waals surface area contributed by atoms with Crippen LogP contribution < -0.4 is 4.74 Å². The summed E-state index contributed by atoms with van der Waals surface area (Å²) >= 11 is 0. The van der Waals surface area contributed by atoms with Gasteiger partial charge in [0.1, 0.15) is 12.4 Å². The van der Waals surface area contributed by atoms with Crippen molar-refractivity contribution in [2.45, 2.75) is 23.8 Å². The molecule has 0 spiro atoms. The molecule has 4 rings (SSSR count). The van der Waals surface area contributed by atoms with Crippen molar-refractivity contribution in [2.75, 3.05) is 39.5 Å². The molecule has 160 valence electrons. The van der Waals surface area contributed by atoms with Gasteiger partial charge in [0.25, 0.3) is 5.91 Å². The second kappa shape index (κ2) is 9.16. The van der Waals surface area contributed by atoms with E-state index in [0.29, 0.717) is 49.1 Å². The van der Waals surface area contributed by atoms with E-state index < -0.39 is 10.0 Å². The van der Waals surface area contributed by atoms with E-state index in [0.717, 1.165) is 12.8 Å². The predicted molar refractivity (Wildman–Crippen MR) is 112 cm³/mol. The second-order valence-corrected chi connectivity index (χ2v) is 9.36. The molecule has 2 heterocycles. The first-order chi connectivity index (χ1) is 14.6. The Morgan fingerprint density at radius 2 is 1.70 bits per heavy atom. The molecule has 0 aromatic heterocycles. The molecular formula is C22H26N2O5S. The number of rotatable bonds is 6. The van der Waals surface area contributed by atoms with E-state index in [4.69, 9.17) is 9.47 Å². The van der Waals surface area contributed by atoms with Crippen molar-refractivity contribution in [2.24, 2.45) is 0 Å². The number of hydrogen-bond donors (Lipinski definition) is 0. The van der Waals surface area contributed by atoms with Gasteiger partial charge in [0.05, 0.1) is 24.2 Å². The van der Waals surface area contributed by atoms with Crippen molar-refractivity contribution in [3.8, 4) is 5.75 Å². The van der Waals surface area contributed by atoms with Crippen LogP contribution in [0.25, 0.3) is 0 Å². The minimum absolute atomic E-state index is 0.0132. The van der Waals surface area contributed by atoms with Gasteiger partial charge in [-0.15, -0.1) is 0 Å². The molecule has 0 bridgehead atoms. The number of hydrogen-bond acceptors (Lipinski definition) is 5. The minimum atomic E-state index is -3.53. The zero-order valence-corrected chi connectivity index (χ0v) is 17.6. The summed E-state index contributed by atoms with van der Waals surface area (Å²) in [5.74, 6) is 0.609. The monoisotopic (exact) mass is 430 g/mol. The number of sulfonamides is 1. The summed E-state index contributed by atoms with van der Waals surface area (Å²) in [7, 11) is -3.53. The fraction of sp³-hybridized carbons (Fsp3) is 0.409. The highest BCUT2D eigenvalue weighted by Crippen LogP contribution is 2.27. The van der Waals surface area contributed by atoms with Crippen LogP contribution in [0.15, 0.2) is 59.5 Å². The Bertz CT molecular complexity index is 957. The molecule has 8 heteroatoms. The molecule has 2 fully saturated rings. The first-order valence-electron chi connectivity index (χ1n) is 10.2. The summed E-state index contributed by atoms with van der Waals surface area (Å²) in [4.78, 5) is 14.6. The first kappa shape index (κ1) is 20.8.